The third-order valence-corrected chi connectivity index (χ3v) is 7.15. The molecular formula is C19H30N4O5S. The van der Waals surface area contributed by atoms with Crippen molar-refractivity contribution in [1.29, 1.82) is 0 Å². The lowest BCUT2D eigenvalue weighted by atomic mass is 10.2. The summed E-state index contributed by atoms with van der Waals surface area (Å²) in [5.74, 6) is 0.166. The summed E-state index contributed by atoms with van der Waals surface area (Å²) in [6, 6.07) is 3.93. The number of carbonyl (C=O) groups is 1. The number of amides is 1. The van der Waals surface area contributed by atoms with Crippen LogP contribution in [0.25, 0.3) is 0 Å². The summed E-state index contributed by atoms with van der Waals surface area (Å²) in [4.78, 5) is 24.7. The van der Waals surface area contributed by atoms with E-state index >= 15 is 0 Å². The molecular weight excluding hydrogens is 396 g/mol. The molecule has 2 rings (SSSR count). The van der Waals surface area contributed by atoms with Gasteiger partial charge in [-0.05, 0) is 31.4 Å². The number of likely N-dealkylation sites (tertiary alicyclic amines) is 1. The van der Waals surface area contributed by atoms with E-state index in [0.29, 0.717) is 39.0 Å². The van der Waals surface area contributed by atoms with Crippen molar-refractivity contribution < 1.29 is 18.1 Å². The predicted octanol–water partition coefficient (Wildman–Crippen LogP) is 2.83. The molecule has 0 saturated carbocycles. The number of anilines is 1. The van der Waals surface area contributed by atoms with Crippen molar-refractivity contribution in [3.63, 3.8) is 0 Å². The third kappa shape index (κ3) is 5.89. The first-order valence-corrected chi connectivity index (χ1v) is 11.6. The summed E-state index contributed by atoms with van der Waals surface area (Å²) in [6.45, 7) is 5.85. The minimum atomic E-state index is -3.77. The van der Waals surface area contributed by atoms with Crippen LogP contribution in [0.5, 0.6) is 0 Å². The minimum absolute atomic E-state index is 0.0892. The molecule has 29 heavy (non-hydrogen) atoms. The van der Waals surface area contributed by atoms with Crippen LogP contribution in [-0.4, -0.2) is 61.2 Å². The Balaban J connectivity index is 2.05. The number of benzene rings is 1. The zero-order valence-electron chi connectivity index (χ0n) is 17.1. The summed E-state index contributed by atoms with van der Waals surface area (Å²) in [5, 5.41) is 14.5. The van der Waals surface area contributed by atoms with Gasteiger partial charge in [-0.15, -0.1) is 0 Å². The number of sulfonamides is 1. The zero-order valence-corrected chi connectivity index (χ0v) is 17.9. The van der Waals surface area contributed by atoms with Gasteiger partial charge in [0, 0.05) is 45.2 Å². The van der Waals surface area contributed by atoms with Crippen molar-refractivity contribution >= 4 is 27.3 Å². The van der Waals surface area contributed by atoms with Crippen molar-refractivity contribution in [2.45, 2.75) is 50.8 Å². The van der Waals surface area contributed by atoms with Crippen LogP contribution in [0.1, 0.15) is 46.0 Å². The number of carbonyl (C=O) groups excluding carboxylic acids is 1. The first-order valence-electron chi connectivity index (χ1n) is 10.1. The number of hydrogen-bond acceptors (Lipinski definition) is 6. The second kappa shape index (κ2) is 10.5. The quantitative estimate of drug-likeness (QED) is 0.350. The van der Waals surface area contributed by atoms with Crippen LogP contribution in [0.15, 0.2) is 23.1 Å². The topological polar surface area (TPSA) is 113 Å². The molecule has 1 aromatic rings. The van der Waals surface area contributed by atoms with E-state index in [-0.39, 0.29) is 22.2 Å². The van der Waals surface area contributed by atoms with E-state index in [1.807, 2.05) is 4.90 Å². The maximum Gasteiger partial charge on any atom is 0.293 e. The van der Waals surface area contributed by atoms with E-state index < -0.39 is 14.9 Å². The average Bonchev–Trinajstić information content (AvgIpc) is 2.90. The molecule has 0 radical (unpaired) electrons. The Bertz CT molecular complexity index is 824. The van der Waals surface area contributed by atoms with Gasteiger partial charge in [0.1, 0.15) is 5.69 Å². The van der Waals surface area contributed by atoms with E-state index in [4.69, 9.17) is 0 Å². The summed E-state index contributed by atoms with van der Waals surface area (Å²) in [6.07, 6.45) is 4.24. The molecule has 1 aliphatic heterocycles. The van der Waals surface area contributed by atoms with Crippen LogP contribution in [0.4, 0.5) is 11.4 Å². The van der Waals surface area contributed by atoms with Gasteiger partial charge in [0.15, 0.2) is 0 Å². The zero-order chi connectivity index (χ0) is 21.4. The second-order valence-corrected chi connectivity index (χ2v) is 8.94. The second-order valence-electron chi connectivity index (χ2n) is 7.00. The van der Waals surface area contributed by atoms with Crippen LogP contribution < -0.4 is 5.32 Å². The molecule has 1 N–H and O–H groups in total. The number of rotatable bonds is 10. The van der Waals surface area contributed by atoms with Crippen LogP contribution >= 0.6 is 0 Å². The number of nitrogens with zero attached hydrogens (tertiary/aromatic N) is 3. The molecule has 0 aliphatic carbocycles. The van der Waals surface area contributed by atoms with Gasteiger partial charge >= 0.3 is 0 Å². The van der Waals surface area contributed by atoms with Gasteiger partial charge in [0.2, 0.25) is 15.9 Å². The van der Waals surface area contributed by atoms with Crippen molar-refractivity contribution in [3.8, 4) is 0 Å². The normalized spacial score (nSPS) is 15.4. The highest BCUT2D eigenvalue weighted by atomic mass is 32.2. The first kappa shape index (κ1) is 23.1. The highest BCUT2D eigenvalue weighted by molar-refractivity contribution is 7.89. The maximum atomic E-state index is 12.6. The smallest absolute Gasteiger partial charge is 0.293 e. The molecule has 1 aromatic carbocycles. The van der Waals surface area contributed by atoms with Crippen LogP contribution in [0.2, 0.25) is 0 Å². The lowest BCUT2D eigenvalue weighted by Gasteiger charge is -2.20. The number of nitro groups is 1. The maximum absolute atomic E-state index is 12.6. The van der Waals surface area contributed by atoms with Gasteiger partial charge < -0.3 is 10.2 Å². The summed E-state index contributed by atoms with van der Waals surface area (Å²) in [7, 11) is -3.77. The van der Waals surface area contributed by atoms with Gasteiger partial charge in [-0.3, -0.25) is 14.9 Å². The van der Waals surface area contributed by atoms with E-state index in [2.05, 4.69) is 5.32 Å². The highest BCUT2D eigenvalue weighted by Gasteiger charge is 2.25. The highest BCUT2D eigenvalue weighted by Crippen LogP contribution is 2.29. The van der Waals surface area contributed by atoms with Crippen molar-refractivity contribution in [3.05, 3.63) is 28.3 Å². The molecule has 1 heterocycles. The first-order chi connectivity index (χ1) is 13.8. The molecule has 162 valence electrons. The summed E-state index contributed by atoms with van der Waals surface area (Å²) < 4.78 is 26.5. The molecule has 1 saturated heterocycles. The number of nitro benzene ring substituents is 1. The Morgan fingerprint density at radius 2 is 1.93 bits per heavy atom. The Kier molecular flexibility index (Phi) is 8.39. The fraction of sp³-hybridized carbons (Fsp3) is 0.632. The standard InChI is InChI=1S/C19H30N4O5S/c1-3-22(4-2)29(27,28)16-10-11-17(18(15-16)23(25)26)20-12-8-14-21-13-7-5-6-9-19(21)24/h10-11,15,20H,3-9,12-14H2,1-2H3. The molecule has 0 bridgehead atoms. The van der Waals surface area contributed by atoms with E-state index in [9.17, 15) is 23.3 Å². The molecule has 10 heteroatoms. The van der Waals surface area contributed by atoms with Gasteiger partial charge in [0.05, 0.1) is 9.82 Å². The van der Waals surface area contributed by atoms with Crippen LogP contribution in [0.3, 0.4) is 0 Å². The van der Waals surface area contributed by atoms with E-state index in [1.165, 1.54) is 16.4 Å². The fourth-order valence-corrected chi connectivity index (χ4v) is 4.93. The molecule has 1 fully saturated rings. The Morgan fingerprint density at radius 3 is 2.59 bits per heavy atom. The third-order valence-electron chi connectivity index (χ3n) is 5.10. The van der Waals surface area contributed by atoms with Gasteiger partial charge in [0.25, 0.3) is 5.69 Å². The Labute approximate surface area is 172 Å². The molecule has 0 atom stereocenters. The SMILES string of the molecule is CCN(CC)S(=O)(=O)c1ccc(NCCCN2CCCCCC2=O)c([N+](=O)[O-])c1. The minimum Gasteiger partial charge on any atom is -0.379 e. The summed E-state index contributed by atoms with van der Waals surface area (Å²) >= 11 is 0. The predicted molar refractivity (Wildman–Crippen MR) is 111 cm³/mol. The summed E-state index contributed by atoms with van der Waals surface area (Å²) in [5.41, 5.74) is -0.000213. The molecule has 1 aliphatic rings. The molecule has 1 amide bonds. The van der Waals surface area contributed by atoms with Crippen LogP contribution in [-0.2, 0) is 14.8 Å². The molecule has 9 nitrogen and oxygen atoms in total. The Morgan fingerprint density at radius 1 is 1.21 bits per heavy atom. The lowest BCUT2D eigenvalue weighted by Crippen LogP contribution is -2.32. The van der Waals surface area contributed by atoms with E-state index in [1.54, 1.807) is 13.8 Å². The fourth-order valence-electron chi connectivity index (χ4n) is 3.45. The van der Waals surface area contributed by atoms with Crippen molar-refractivity contribution in [2.24, 2.45) is 0 Å². The number of nitrogens with one attached hydrogen (secondary N) is 1. The van der Waals surface area contributed by atoms with Crippen molar-refractivity contribution in [1.82, 2.24) is 9.21 Å². The van der Waals surface area contributed by atoms with Gasteiger partial charge in [-0.2, -0.15) is 4.31 Å². The van der Waals surface area contributed by atoms with Crippen LogP contribution in [0, 0.1) is 10.1 Å². The average molecular weight is 427 g/mol. The Hall–Kier alpha value is -2.20. The monoisotopic (exact) mass is 426 g/mol. The van der Waals surface area contributed by atoms with E-state index in [0.717, 1.165) is 31.9 Å². The largest absolute Gasteiger partial charge is 0.379 e. The molecule has 0 aromatic heterocycles. The van der Waals surface area contributed by atoms with Crippen molar-refractivity contribution in [2.75, 3.05) is 38.0 Å². The number of hydrogen-bond donors (Lipinski definition) is 1. The lowest BCUT2D eigenvalue weighted by molar-refractivity contribution is -0.384. The molecule has 0 spiro atoms. The molecule has 0 unspecified atom stereocenters. The van der Waals surface area contributed by atoms with Gasteiger partial charge in [-0.1, -0.05) is 20.3 Å². The van der Waals surface area contributed by atoms with Gasteiger partial charge in [-0.25, -0.2) is 8.42 Å².